The molecule has 0 aliphatic carbocycles. The van der Waals surface area contributed by atoms with Crippen LogP contribution in [0.5, 0.6) is 0 Å². The number of aromatic nitrogens is 2. The number of thiazole rings is 1. The van der Waals surface area contributed by atoms with Crippen molar-refractivity contribution in [2.45, 2.75) is 6.92 Å². The van der Waals surface area contributed by atoms with Crippen LogP contribution in [0, 0.1) is 6.92 Å². The molecular weight excluding hydrogens is 210 g/mol. The fourth-order valence-electron chi connectivity index (χ4n) is 1.57. The topological polar surface area (TPSA) is 56.5 Å². The number of rotatable bonds is 1. The maximum atomic E-state index is 5.99. The van der Waals surface area contributed by atoms with Crippen molar-refractivity contribution in [3.05, 3.63) is 29.5 Å². The van der Waals surface area contributed by atoms with Gasteiger partial charge in [0.1, 0.15) is 11.5 Å². The summed E-state index contributed by atoms with van der Waals surface area (Å²) < 4.78 is 7.17. The molecule has 3 heterocycles. The van der Waals surface area contributed by atoms with Gasteiger partial charge in [0, 0.05) is 11.1 Å². The third-order valence-electron chi connectivity index (χ3n) is 2.23. The Balaban J connectivity index is 2.29. The highest BCUT2D eigenvalue weighted by atomic mass is 32.1. The van der Waals surface area contributed by atoms with Gasteiger partial charge in [-0.15, -0.1) is 11.3 Å². The first-order valence-electron chi connectivity index (χ1n) is 4.53. The number of fused-ring (bicyclic) bond motifs is 1. The monoisotopic (exact) mass is 219 g/mol. The molecule has 3 aromatic heterocycles. The second-order valence-corrected chi connectivity index (χ2v) is 4.53. The van der Waals surface area contributed by atoms with E-state index in [2.05, 4.69) is 4.98 Å². The Hall–Kier alpha value is -1.75. The fraction of sp³-hybridized carbons (Fsp3) is 0.100. The molecule has 3 aromatic rings. The number of hydrogen-bond donors (Lipinski definition) is 1. The third-order valence-corrected chi connectivity index (χ3v) is 3.13. The average Bonchev–Trinajstić information content (AvgIpc) is 2.84. The van der Waals surface area contributed by atoms with E-state index in [4.69, 9.17) is 10.2 Å². The quantitative estimate of drug-likeness (QED) is 0.684. The Bertz CT molecular complexity index is 606. The molecule has 0 aromatic carbocycles. The van der Waals surface area contributed by atoms with Crippen LogP contribution in [0.25, 0.3) is 16.4 Å². The smallest absolute Gasteiger partial charge is 0.196 e. The zero-order chi connectivity index (χ0) is 10.4. The van der Waals surface area contributed by atoms with Crippen LogP contribution in [0.3, 0.4) is 0 Å². The first-order chi connectivity index (χ1) is 7.25. The molecular formula is C10H9N3OS. The standard InChI is InChI=1S/C10H9N3OS/c1-6-5-13-9(11)8(12-10(13)15-6)7-3-2-4-14-7/h2-5H,11H2,1H3. The summed E-state index contributed by atoms with van der Waals surface area (Å²) in [5.74, 6) is 1.34. The highest BCUT2D eigenvalue weighted by Gasteiger charge is 2.14. The lowest BCUT2D eigenvalue weighted by Gasteiger charge is -1.92. The van der Waals surface area contributed by atoms with Gasteiger partial charge in [-0.05, 0) is 19.1 Å². The molecule has 3 rings (SSSR count). The summed E-state index contributed by atoms with van der Waals surface area (Å²) in [7, 11) is 0. The van der Waals surface area contributed by atoms with Crippen LogP contribution in [0.2, 0.25) is 0 Å². The summed E-state index contributed by atoms with van der Waals surface area (Å²) in [6.45, 7) is 2.03. The third kappa shape index (κ3) is 1.16. The fourth-order valence-corrected chi connectivity index (χ4v) is 2.40. The van der Waals surface area contributed by atoms with Gasteiger partial charge in [-0.3, -0.25) is 4.40 Å². The van der Waals surface area contributed by atoms with E-state index in [0.29, 0.717) is 17.3 Å². The summed E-state index contributed by atoms with van der Waals surface area (Å²) in [6, 6.07) is 3.68. The van der Waals surface area contributed by atoms with Gasteiger partial charge in [-0.25, -0.2) is 4.98 Å². The van der Waals surface area contributed by atoms with Crippen molar-refractivity contribution in [3.63, 3.8) is 0 Å². The van der Waals surface area contributed by atoms with Crippen LogP contribution in [0.4, 0.5) is 5.82 Å². The molecule has 15 heavy (non-hydrogen) atoms. The van der Waals surface area contributed by atoms with Crippen LogP contribution in [0.15, 0.2) is 29.0 Å². The van der Waals surface area contributed by atoms with Crippen LogP contribution >= 0.6 is 11.3 Å². The summed E-state index contributed by atoms with van der Waals surface area (Å²) >= 11 is 1.61. The number of hydrogen-bond acceptors (Lipinski definition) is 4. The molecule has 0 aliphatic heterocycles. The minimum absolute atomic E-state index is 0.629. The van der Waals surface area contributed by atoms with Crippen molar-refractivity contribution in [2.24, 2.45) is 0 Å². The molecule has 2 N–H and O–H groups in total. The number of furan rings is 1. The van der Waals surface area contributed by atoms with Crippen LogP contribution in [0.1, 0.15) is 4.88 Å². The molecule has 0 amide bonds. The van der Waals surface area contributed by atoms with Crippen LogP contribution in [-0.2, 0) is 0 Å². The van der Waals surface area contributed by atoms with Gasteiger partial charge < -0.3 is 10.2 Å². The summed E-state index contributed by atoms with van der Waals surface area (Å²) in [4.78, 5) is 6.53. The maximum Gasteiger partial charge on any atom is 0.196 e. The maximum absolute atomic E-state index is 5.99. The number of nitrogens with zero attached hydrogens (tertiary/aromatic N) is 2. The molecule has 0 spiro atoms. The van der Waals surface area contributed by atoms with Crippen molar-refractivity contribution in [1.82, 2.24) is 9.38 Å². The van der Waals surface area contributed by atoms with Crippen molar-refractivity contribution >= 4 is 22.1 Å². The molecule has 0 saturated carbocycles. The van der Waals surface area contributed by atoms with Gasteiger partial charge in [0.05, 0.1) is 6.26 Å². The Kier molecular flexibility index (Phi) is 1.63. The Labute approximate surface area is 90.0 Å². The van der Waals surface area contributed by atoms with Crippen LogP contribution in [-0.4, -0.2) is 9.38 Å². The highest BCUT2D eigenvalue weighted by molar-refractivity contribution is 7.17. The highest BCUT2D eigenvalue weighted by Crippen LogP contribution is 2.29. The summed E-state index contributed by atoms with van der Waals surface area (Å²) in [6.07, 6.45) is 3.60. The van der Waals surface area contributed by atoms with E-state index in [1.165, 1.54) is 4.88 Å². The first kappa shape index (κ1) is 8.55. The van der Waals surface area contributed by atoms with Crippen molar-refractivity contribution < 1.29 is 4.42 Å². The van der Waals surface area contributed by atoms with E-state index in [1.807, 2.05) is 29.7 Å². The van der Waals surface area contributed by atoms with E-state index in [-0.39, 0.29) is 0 Å². The van der Waals surface area contributed by atoms with Gasteiger partial charge in [0.15, 0.2) is 10.7 Å². The Morgan fingerprint density at radius 1 is 1.53 bits per heavy atom. The van der Waals surface area contributed by atoms with Crippen molar-refractivity contribution in [1.29, 1.82) is 0 Å². The molecule has 5 heteroatoms. The predicted molar refractivity (Wildman–Crippen MR) is 59.9 cm³/mol. The number of imidazole rings is 1. The number of aryl methyl sites for hydroxylation is 1. The van der Waals surface area contributed by atoms with Crippen LogP contribution < -0.4 is 5.73 Å². The van der Waals surface area contributed by atoms with Gasteiger partial charge in [0.25, 0.3) is 0 Å². The van der Waals surface area contributed by atoms with E-state index in [9.17, 15) is 0 Å². The van der Waals surface area contributed by atoms with Gasteiger partial charge in [-0.1, -0.05) is 0 Å². The van der Waals surface area contributed by atoms with Crippen molar-refractivity contribution in [3.8, 4) is 11.5 Å². The van der Waals surface area contributed by atoms with Gasteiger partial charge >= 0.3 is 0 Å². The second kappa shape index (κ2) is 2.87. The second-order valence-electron chi connectivity index (χ2n) is 3.32. The first-order valence-corrected chi connectivity index (χ1v) is 5.35. The average molecular weight is 219 g/mol. The minimum Gasteiger partial charge on any atom is -0.463 e. The predicted octanol–water partition coefficient (Wildman–Crippen LogP) is 2.55. The Morgan fingerprint density at radius 3 is 3.07 bits per heavy atom. The molecule has 76 valence electrons. The molecule has 0 aliphatic rings. The minimum atomic E-state index is 0.629. The van der Waals surface area contributed by atoms with Gasteiger partial charge in [-0.2, -0.15) is 0 Å². The molecule has 0 radical (unpaired) electrons. The molecule has 0 unspecified atom stereocenters. The normalized spacial score (nSPS) is 11.3. The van der Waals surface area contributed by atoms with Gasteiger partial charge in [0.2, 0.25) is 0 Å². The zero-order valence-corrected chi connectivity index (χ0v) is 8.91. The number of nitrogen functional groups attached to an aromatic ring is 1. The summed E-state index contributed by atoms with van der Waals surface area (Å²) in [5, 5.41) is 0. The number of nitrogens with two attached hydrogens (primary N) is 1. The van der Waals surface area contributed by atoms with E-state index >= 15 is 0 Å². The Morgan fingerprint density at radius 2 is 2.40 bits per heavy atom. The molecule has 0 bridgehead atoms. The number of anilines is 1. The lowest BCUT2D eigenvalue weighted by Crippen LogP contribution is -1.91. The van der Waals surface area contributed by atoms with E-state index in [0.717, 1.165) is 4.96 Å². The van der Waals surface area contributed by atoms with E-state index in [1.54, 1.807) is 17.6 Å². The van der Waals surface area contributed by atoms with Crippen molar-refractivity contribution in [2.75, 3.05) is 5.73 Å². The largest absolute Gasteiger partial charge is 0.463 e. The lowest BCUT2D eigenvalue weighted by atomic mass is 10.3. The van der Waals surface area contributed by atoms with E-state index < -0.39 is 0 Å². The summed E-state index contributed by atoms with van der Waals surface area (Å²) in [5.41, 5.74) is 6.70. The molecule has 0 fully saturated rings. The SMILES string of the molecule is Cc1cn2c(N)c(-c3ccco3)nc2s1. The molecule has 0 atom stereocenters. The lowest BCUT2D eigenvalue weighted by molar-refractivity contribution is 0.581. The molecule has 4 nitrogen and oxygen atoms in total. The molecule has 0 saturated heterocycles. The zero-order valence-electron chi connectivity index (χ0n) is 8.10.